The first-order valence-electron chi connectivity index (χ1n) is 7.42. The fourth-order valence-corrected chi connectivity index (χ4v) is 2.36. The molecule has 0 amide bonds. The van der Waals surface area contributed by atoms with E-state index in [2.05, 4.69) is 0 Å². The average molecular weight is 314 g/mol. The van der Waals surface area contributed by atoms with Crippen LogP contribution in [0.25, 0.3) is 11.1 Å². The van der Waals surface area contributed by atoms with Gasteiger partial charge in [0.05, 0.1) is 26.9 Å². The van der Waals surface area contributed by atoms with Crippen LogP contribution in [0.15, 0.2) is 48.5 Å². The van der Waals surface area contributed by atoms with Gasteiger partial charge in [-0.3, -0.25) is 0 Å². The molecule has 0 aromatic heterocycles. The van der Waals surface area contributed by atoms with Crippen LogP contribution >= 0.6 is 0 Å². The number of benzene rings is 2. The number of esters is 1. The monoisotopic (exact) mass is 314 g/mol. The zero-order valence-corrected chi connectivity index (χ0v) is 12.9. The van der Waals surface area contributed by atoms with Crippen molar-refractivity contribution in [1.29, 1.82) is 0 Å². The van der Waals surface area contributed by atoms with E-state index in [-0.39, 0.29) is 6.61 Å². The van der Waals surface area contributed by atoms with Gasteiger partial charge in [0.2, 0.25) is 0 Å². The van der Waals surface area contributed by atoms with Crippen molar-refractivity contribution in [1.82, 2.24) is 0 Å². The Labute approximate surface area is 134 Å². The van der Waals surface area contributed by atoms with E-state index in [1.54, 1.807) is 13.2 Å². The number of para-hydroxylation sites is 1. The molecule has 120 valence electrons. The molecule has 1 aliphatic rings. The highest BCUT2D eigenvalue weighted by Crippen LogP contribution is 2.31. The predicted octanol–water partition coefficient (Wildman–Crippen LogP) is 2.68. The number of carbonyl (C=O) groups excluding carboxylic acids is 1. The second kappa shape index (κ2) is 7.26. The highest BCUT2D eigenvalue weighted by atomic mass is 16.6. The Morgan fingerprint density at radius 3 is 2.57 bits per heavy atom. The van der Waals surface area contributed by atoms with E-state index in [0.717, 1.165) is 16.9 Å². The van der Waals surface area contributed by atoms with Gasteiger partial charge in [-0.15, -0.1) is 0 Å². The van der Waals surface area contributed by atoms with Gasteiger partial charge in [-0.2, -0.15) is 0 Å². The van der Waals surface area contributed by atoms with Crippen LogP contribution < -0.4 is 9.47 Å². The average Bonchev–Trinajstić information content (AvgIpc) is 2.63. The molecule has 0 N–H and O–H groups in total. The molecule has 1 atom stereocenters. The van der Waals surface area contributed by atoms with Crippen LogP contribution in [0.5, 0.6) is 11.5 Å². The van der Waals surface area contributed by atoms with Crippen molar-refractivity contribution in [3.63, 3.8) is 0 Å². The summed E-state index contributed by atoms with van der Waals surface area (Å²) in [6.07, 6.45) is -0.673. The molecule has 2 aromatic carbocycles. The molecule has 1 aliphatic heterocycles. The number of methoxy groups -OCH3 is 1. The first-order valence-corrected chi connectivity index (χ1v) is 7.42. The fourth-order valence-electron chi connectivity index (χ4n) is 2.36. The van der Waals surface area contributed by atoms with E-state index in [0.29, 0.717) is 19.0 Å². The summed E-state index contributed by atoms with van der Waals surface area (Å²) in [6.45, 7) is 1.13. The second-order valence-corrected chi connectivity index (χ2v) is 5.08. The highest BCUT2D eigenvalue weighted by Gasteiger charge is 2.25. The summed E-state index contributed by atoms with van der Waals surface area (Å²) in [5.74, 6) is 0.832. The number of carbonyl (C=O) groups is 1. The van der Waals surface area contributed by atoms with E-state index in [1.165, 1.54) is 0 Å². The quantitative estimate of drug-likeness (QED) is 0.641. The molecular formula is C18H18O5. The summed E-state index contributed by atoms with van der Waals surface area (Å²) in [5.41, 5.74) is 1.77. The van der Waals surface area contributed by atoms with Gasteiger partial charge in [0, 0.05) is 5.56 Å². The van der Waals surface area contributed by atoms with Gasteiger partial charge < -0.3 is 18.9 Å². The third-order valence-corrected chi connectivity index (χ3v) is 3.58. The van der Waals surface area contributed by atoms with Gasteiger partial charge >= 0.3 is 5.97 Å². The number of hydrogen-bond donors (Lipinski definition) is 0. The van der Waals surface area contributed by atoms with Crippen LogP contribution in [0.2, 0.25) is 0 Å². The van der Waals surface area contributed by atoms with Gasteiger partial charge in [0.25, 0.3) is 0 Å². The van der Waals surface area contributed by atoms with E-state index in [4.69, 9.17) is 18.9 Å². The van der Waals surface area contributed by atoms with Crippen molar-refractivity contribution in [2.24, 2.45) is 0 Å². The fraction of sp³-hybridized carbons (Fsp3) is 0.278. The zero-order valence-electron chi connectivity index (χ0n) is 12.9. The number of rotatable bonds is 4. The molecule has 23 heavy (non-hydrogen) atoms. The topological polar surface area (TPSA) is 54.0 Å². The van der Waals surface area contributed by atoms with Crippen LogP contribution in [-0.4, -0.2) is 39.0 Å². The minimum Gasteiger partial charge on any atom is -0.497 e. The molecule has 0 aliphatic carbocycles. The van der Waals surface area contributed by atoms with Crippen LogP contribution in [0.4, 0.5) is 0 Å². The molecule has 5 heteroatoms. The van der Waals surface area contributed by atoms with E-state index < -0.39 is 12.1 Å². The Balaban J connectivity index is 1.80. The van der Waals surface area contributed by atoms with Crippen LogP contribution in [0.1, 0.15) is 0 Å². The SMILES string of the molecule is COc1ccc(-c2ccccc2OC(=O)C2COCCO2)cc1. The van der Waals surface area contributed by atoms with Gasteiger partial charge in [-0.25, -0.2) is 4.79 Å². The van der Waals surface area contributed by atoms with Gasteiger partial charge in [-0.1, -0.05) is 30.3 Å². The second-order valence-electron chi connectivity index (χ2n) is 5.08. The maximum absolute atomic E-state index is 12.2. The Morgan fingerprint density at radius 2 is 1.87 bits per heavy atom. The predicted molar refractivity (Wildman–Crippen MR) is 84.6 cm³/mol. The first kappa shape index (κ1) is 15.5. The molecule has 5 nitrogen and oxygen atoms in total. The highest BCUT2D eigenvalue weighted by molar-refractivity contribution is 5.81. The Morgan fingerprint density at radius 1 is 1.09 bits per heavy atom. The number of ether oxygens (including phenoxy) is 4. The molecule has 1 unspecified atom stereocenters. The summed E-state index contributed by atoms with van der Waals surface area (Å²) >= 11 is 0. The summed E-state index contributed by atoms with van der Waals surface area (Å²) in [4.78, 5) is 12.2. The molecule has 0 spiro atoms. The lowest BCUT2D eigenvalue weighted by atomic mass is 10.0. The molecule has 1 saturated heterocycles. The summed E-state index contributed by atoms with van der Waals surface area (Å²) in [7, 11) is 1.62. The maximum Gasteiger partial charge on any atom is 0.343 e. The van der Waals surface area contributed by atoms with Crippen LogP contribution in [-0.2, 0) is 14.3 Å². The molecular weight excluding hydrogens is 296 g/mol. The maximum atomic E-state index is 12.2. The van der Waals surface area contributed by atoms with Crippen molar-refractivity contribution < 1.29 is 23.7 Å². The standard InChI is InChI=1S/C18H18O5/c1-20-14-8-6-13(7-9-14)15-4-2-3-5-16(15)23-18(19)17-12-21-10-11-22-17/h2-9,17H,10-12H2,1H3. The zero-order chi connectivity index (χ0) is 16.1. The van der Waals surface area contributed by atoms with E-state index in [1.807, 2.05) is 42.5 Å². The van der Waals surface area contributed by atoms with Crippen molar-refractivity contribution in [3.8, 4) is 22.6 Å². The van der Waals surface area contributed by atoms with Crippen molar-refractivity contribution >= 4 is 5.97 Å². The van der Waals surface area contributed by atoms with Crippen molar-refractivity contribution in [2.45, 2.75) is 6.10 Å². The third-order valence-electron chi connectivity index (χ3n) is 3.58. The molecule has 0 saturated carbocycles. The van der Waals surface area contributed by atoms with E-state index in [9.17, 15) is 4.79 Å². The van der Waals surface area contributed by atoms with Gasteiger partial charge in [0.15, 0.2) is 6.10 Å². The normalized spacial score (nSPS) is 17.5. The lowest BCUT2D eigenvalue weighted by molar-refractivity contribution is -0.161. The first-order chi connectivity index (χ1) is 11.3. The van der Waals surface area contributed by atoms with Crippen LogP contribution in [0, 0.1) is 0 Å². The molecule has 1 fully saturated rings. The Bertz CT molecular complexity index is 659. The third kappa shape index (κ3) is 3.70. The Kier molecular flexibility index (Phi) is 4.90. The van der Waals surface area contributed by atoms with Gasteiger partial charge in [0.1, 0.15) is 11.5 Å². The minimum atomic E-state index is -0.673. The largest absolute Gasteiger partial charge is 0.497 e. The van der Waals surface area contributed by atoms with Crippen LogP contribution in [0.3, 0.4) is 0 Å². The Hall–Kier alpha value is -2.37. The molecule has 3 rings (SSSR count). The van der Waals surface area contributed by atoms with Crippen molar-refractivity contribution in [2.75, 3.05) is 26.9 Å². The molecule has 2 aromatic rings. The molecule has 0 radical (unpaired) electrons. The van der Waals surface area contributed by atoms with Gasteiger partial charge in [-0.05, 0) is 23.8 Å². The summed E-state index contributed by atoms with van der Waals surface area (Å²) in [6, 6.07) is 15.0. The number of hydrogen-bond acceptors (Lipinski definition) is 5. The van der Waals surface area contributed by atoms with Crippen molar-refractivity contribution in [3.05, 3.63) is 48.5 Å². The van der Waals surface area contributed by atoms with E-state index >= 15 is 0 Å². The minimum absolute atomic E-state index is 0.226. The molecule has 1 heterocycles. The lowest BCUT2D eigenvalue weighted by Gasteiger charge is -2.21. The lowest BCUT2D eigenvalue weighted by Crippen LogP contribution is -2.38. The summed E-state index contributed by atoms with van der Waals surface area (Å²) < 4.78 is 21.3. The molecule has 0 bridgehead atoms. The summed E-state index contributed by atoms with van der Waals surface area (Å²) in [5, 5.41) is 0. The smallest absolute Gasteiger partial charge is 0.343 e.